The zero-order valence-corrected chi connectivity index (χ0v) is 17.2. The van der Waals surface area contributed by atoms with Crippen molar-refractivity contribution >= 4 is 18.0 Å². The highest BCUT2D eigenvalue weighted by Gasteiger charge is 2.31. The predicted octanol–water partition coefficient (Wildman–Crippen LogP) is 2.06. The minimum absolute atomic E-state index is 0.0884. The van der Waals surface area contributed by atoms with Crippen molar-refractivity contribution in [3.8, 4) is 11.1 Å². The largest absolute Gasteiger partial charge is 0.479 e. The van der Waals surface area contributed by atoms with Gasteiger partial charge in [0, 0.05) is 13.0 Å². The molecule has 2 amide bonds. The molecule has 0 radical (unpaired) electrons. The van der Waals surface area contributed by atoms with Crippen LogP contribution in [0.15, 0.2) is 48.5 Å². The van der Waals surface area contributed by atoms with E-state index in [9.17, 15) is 14.4 Å². The lowest BCUT2D eigenvalue weighted by molar-refractivity contribution is -0.151. The molecule has 0 aliphatic heterocycles. The molecule has 9 heteroatoms. The third-order valence-corrected chi connectivity index (χ3v) is 5.11. The highest BCUT2D eigenvalue weighted by atomic mass is 16.7. The Bertz CT molecular complexity index is 917. The maximum absolute atomic E-state index is 12.4. The summed E-state index contributed by atoms with van der Waals surface area (Å²) in [5.74, 6) is -2.13. The first-order valence-electron chi connectivity index (χ1n) is 9.70. The van der Waals surface area contributed by atoms with Gasteiger partial charge in [0.15, 0.2) is 6.61 Å². The Morgan fingerprint density at radius 2 is 1.61 bits per heavy atom. The molecule has 0 heterocycles. The third kappa shape index (κ3) is 5.19. The average Bonchev–Trinajstić information content (AvgIpc) is 3.09. The lowest BCUT2D eigenvalue weighted by Gasteiger charge is -2.23. The fourth-order valence-corrected chi connectivity index (χ4v) is 3.53. The molecular formula is C22H24N2O7. The number of fused-ring (bicyclic) bond motifs is 3. The van der Waals surface area contributed by atoms with Crippen molar-refractivity contribution in [2.75, 3.05) is 20.3 Å². The molecule has 2 unspecified atom stereocenters. The fourth-order valence-electron chi connectivity index (χ4n) is 3.53. The maximum atomic E-state index is 12.4. The van der Waals surface area contributed by atoms with Crippen LogP contribution in [-0.4, -0.2) is 55.5 Å². The monoisotopic (exact) mass is 428 g/mol. The van der Waals surface area contributed by atoms with Crippen LogP contribution in [0, 0.1) is 0 Å². The molecule has 3 N–H and O–H groups in total. The summed E-state index contributed by atoms with van der Waals surface area (Å²) < 4.78 is 10.6. The van der Waals surface area contributed by atoms with E-state index in [2.05, 4.69) is 10.2 Å². The molecule has 31 heavy (non-hydrogen) atoms. The van der Waals surface area contributed by atoms with E-state index in [0.717, 1.165) is 22.3 Å². The second-order valence-electron chi connectivity index (χ2n) is 7.04. The maximum Gasteiger partial charge on any atom is 0.407 e. The number of alkyl carbamates (subject to hydrolysis) is 1. The molecule has 164 valence electrons. The highest BCUT2D eigenvalue weighted by Crippen LogP contribution is 2.44. The van der Waals surface area contributed by atoms with E-state index >= 15 is 0 Å². The van der Waals surface area contributed by atoms with Crippen LogP contribution in [0.5, 0.6) is 0 Å². The van der Waals surface area contributed by atoms with Crippen molar-refractivity contribution in [3.63, 3.8) is 0 Å². The summed E-state index contributed by atoms with van der Waals surface area (Å²) in [4.78, 5) is 39.8. The number of aliphatic carboxylic acids is 1. The van der Waals surface area contributed by atoms with E-state index in [4.69, 9.17) is 14.6 Å². The zero-order chi connectivity index (χ0) is 22.4. The van der Waals surface area contributed by atoms with Gasteiger partial charge in [-0.1, -0.05) is 48.5 Å². The lowest BCUT2D eigenvalue weighted by Crippen LogP contribution is -2.53. The molecule has 0 spiro atoms. The van der Waals surface area contributed by atoms with Gasteiger partial charge in [0.1, 0.15) is 12.6 Å². The van der Waals surface area contributed by atoms with E-state index in [-0.39, 0.29) is 12.5 Å². The first kappa shape index (κ1) is 22.3. The van der Waals surface area contributed by atoms with Crippen molar-refractivity contribution < 1.29 is 33.8 Å². The first-order chi connectivity index (χ1) is 14.9. The summed E-state index contributed by atoms with van der Waals surface area (Å²) in [5.41, 5.74) is 6.33. The summed E-state index contributed by atoms with van der Waals surface area (Å²) in [7, 11) is 1.38. The Morgan fingerprint density at radius 3 is 2.16 bits per heavy atom. The van der Waals surface area contributed by atoms with Crippen LogP contribution in [-0.2, 0) is 23.9 Å². The van der Waals surface area contributed by atoms with Gasteiger partial charge in [0.25, 0.3) is 5.91 Å². The van der Waals surface area contributed by atoms with Crippen molar-refractivity contribution in [2.24, 2.45) is 0 Å². The molecule has 0 bridgehead atoms. The summed E-state index contributed by atoms with van der Waals surface area (Å²) >= 11 is 0. The summed E-state index contributed by atoms with van der Waals surface area (Å²) in [6.07, 6.45) is -1.52. The van der Waals surface area contributed by atoms with Crippen LogP contribution in [0.3, 0.4) is 0 Å². The van der Waals surface area contributed by atoms with Gasteiger partial charge in [-0.05, 0) is 29.2 Å². The van der Waals surface area contributed by atoms with E-state index in [1.165, 1.54) is 7.11 Å². The summed E-state index contributed by atoms with van der Waals surface area (Å²) in [5, 5.41) is 11.0. The number of carbonyl (C=O) groups excluding carboxylic acids is 2. The number of hydrogen-bond acceptors (Lipinski definition) is 6. The van der Waals surface area contributed by atoms with Crippen LogP contribution in [0.4, 0.5) is 4.79 Å². The normalized spacial score (nSPS) is 14.1. The minimum atomic E-state index is -1.25. The van der Waals surface area contributed by atoms with E-state index in [1.807, 2.05) is 54.0 Å². The van der Waals surface area contributed by atoms with Gasteiger partial charge in [0.05, 0.1) is 6.10 Å². The molecule has 0 saturated heterocycles. The zero-order valence-electron chi connectivity index (χ0n) is 17.2. The molecule has 0 aromatic heterocycles. The minimum Gasteiger partial charge on any atom is -0.479 e. The Morgan fingerprint density at radius 1 is 1.03 bits per heavy atom. The van der Waals surface area contributed by atoms with Gasteiger partial charge < -0.3 is 19.9 Å². The van der Waals surface area contributed by atoms with Crippen molar-refractivity contribution in [1.29, 1.82) is 0 Å². The Labute approximate surface area is 179 Å². The van der Waals surface area contributed by atoms with E-state index in [1.54, 1.807) is 6.92 Å². The lowest BCUT2D eigenvalue weighted by atomic mass is 9.98. The number of methoxy groups -OCH3 is 1. The number of amides is 2. The molecule has 2 aromatic rings. The standard InChI is InChI=1S/C22H24N2O7/c1-13(29-2)20(21(27)24-31-12-19(25)26)23-22(28)30-11-18-16-9-5-3-7-14(16)15-8-4-6-10-17(15)18/h3-10,13,18,20H,11-12H2,1-2H3,(H,23,28)(H,24,27)(H,25,26). The SMILES string of the molecule is COC(C)C(NC(=O)OCC1c2ccccc2-c2ccccc21)C(=O)NOCC(=O)O. The average molecular weight is 428 g/mol. The third-order valence-electron chi connectivity index (χ3n) is 5.11. The van der Waals surface area contributed by atoms with E-state index in [0.29, 0.717) is 0 Å². The van der Waals surface area contributed by atoms with Crippen LogP contribution < -0.4 is 10.8 Å². The summed E-state index contributed by atoms with van der Waals surface area (Å²) in [6.45, 7) is 0.945. The molecule has 9 nitrogen and oxygen atoms in total. The molecule has 3 rings (SSSR count). The molecule has 2 aromatic carbocycles. The van der Waals surface area contributed by atoms with Crippen molar-refractivity contribution in [2.45, 2.75) is 25.0 Å². The number of carbonyl (C=O) groups is 3. The number of carboxylic acid groups (broad SMARTS) is 1. The number of nitrogens with one attached hydrogen (secondary N) is 2. The number of hydrogen-bond donors (Lipinski definition) is 3. The number of rotatable bonds is 9. The van der Waals surface area contributed by atoms with Gasteiger partial charge in [-0.3, -0.25) is 9.63 Å². The Kier molecular flexibility index (Phi) is 7.22. The predicted molar refractivity (Wildman–Crippen MR) is 110 cm³/mol. The molecule has 1 aliphatic rings. The molecule has 2 atom stereocenters. The van der Waals surface area contributed by atoms with Gasteiger partial charge in [0.2, 0.25) is 0 Å². The van der Waals surface area contributed by atoms with Gasteiger partial charge in [-0.25, -0.2) is 15.1 Å². The number of ether oxygens (including phenoxy) is 2. The van der Waals surface area contributed by atoms with Gasteiger partial charge in [-0.15, -0.1) is 0 Å². The Balaban J connectivity index is 1.64. The number of carboxylic acids is 1. The molecule has 1 aliphatic carbocycles. The van der Waals surface area contributed by atoms with Crippen LogP contribution in [0.1, 0.15) is 24.0 Å². The first-order valence-corrected chi connectivity index (χ1v) is 9.70. The van der Waals surface area contributed by atoms with Gasteiger partial charge in [-0.2, -0.15) is 0 Å². The second-order valence-corrected chi connectivity index (χ2v) is 7.04. The van der Waals surface area contributed by atoms with Crippen LogP contribution in [0.2, 0.25) is 0 Å². The number of hydroxylamine groups is 1. The van der Waals surface area contributed by atoms with Crippen LogP contribution >= 0.6 is 0 Å². The van der Waals surface area contributed by atoms with Crippen molar-refractivity contribution in [3.05, 3.63) is 59.7 Å². The topological polar surface area (TPSA) is 123 Å². The molecule has 0 fully saturated rings. The van der Waals surface area contributed by atoms with E-state index < -0.39 is 36.7 Å². The molecular weight excluding hydrogens is 404 g/mol. The highest BCUT2D eigenvalue weighted by molar-refractivity contribution is 5.85. The van der Waals surface area contributed by atoms with Crippen molar-refractivity contribution in [1.82, 2.24) is 10.8 Å². The Hall–Kier alpha value is -3.43. The smallest absolute Gasteiger partial charge is 0.407 e. The van der Waals surface area contributed by atoms with Gasteiger partial charge >= 0.3 is 12.1 Å². The quantitative estimate of drug-likeness (QED) is 0.523. The van der Waals surface area contributed by atoms with Crippen LogP contribution in [0.25, 0.3) is 11.1 Å². The number of benzene rings is 2. The molecule has 0 saturated carbocycles. The fraction of sp³-hybridized carbons (Fsp3) is 0.318. The second kappa shape index (κ2) is 10.1. The summed E-state index contributed by atoms with van der Waals surface area (Å²) in [6, 6.07) is 14.7.